The van der Waals surface area contributed by atoms with Crippen LogP contribution < -0.4 is 10.8 Å². The van der Waals surface area contributed by atoms with Crippen molar-refractivity contribution in [3.05, 3.63) is 75.8 Å². The maximum absolute atomic E-state index is 12.7. The van der Waals surface area contributed by atoms with E-state index in [-0.39, 0.29) is 31.1 Å². The van der Waals surface area contributed by atoms with Gasteiger partial charge in [-0.25, -0.2) is 5.48 Å². The van der Waals surface area contributed by atoms with Crippen molar-refractivity contribution >= 4 is 17.5 Å². The van der Waals surface area contributed by atoms with Crippen LogP contribution in [0.1, 0.15) is 42.1 Å². The minimum atomic E-state index is -0.563. The number of ether oxygens (including phenoxy) is 2. The Labute approximate surface area is 198 Å². The van der Waals surface area contributed by atoms with Crippen LogP contribution in [0.4, 0.5) is 5.69 Å². The van der Waals surface area contributed by atoms with Crippen molar-refractivity contribution < 1.29 is 29.2 Å². The molecule has 2 atom stereocenters. The number of hydroxylamine groups is 1. The Balaban J connectivity index is 2.04. The average molecular weight is 474 g/mol. The molecule has 0 radical (unpaired) electrons. The summed E-state index contributed by atoms with van der Waals surface area (Å²) in [6.07, 6.45) is 2.21. The Bertz CT molecular complexity index is 907. The number of amides is 2. The maximum atomic E-state index is 12.7. The fourth-order valence-corrected chi connectivity index (χ4v) is 3.49. The lowest BCUT2D eigenvalue weighted by Crippen LogP contribution is -2.42. The zero-order valence-electron chi connectivity index (χ0n) is 19.1. The monoisotopic (exact) mass is 473 g/mol. The fraction of sp³-hybridized carbons (Fsp3) is 0.417. The van der Waals surface area contributed by atoms with Gasteiger partial charge in [0.25, 0.3) is 11.6 Å². The van der Waals surface area contributed by atoms with Crippen LogP contribution in [0.5, 0.6) is 0 Å². The van der Waals surface area contributed by atoms with Gasteiger partial charge in [0.1, 0.15) is 6.79 Å². The highest BCUT2D eigenvalue weighted by Gasteiger charge is 2.25. The molecule has 0 aliphatic carbocycles. The SMILES string of the molecule is CCOCOC[C@H](C[C@H](CCCc1ccccc1)C(=O)NO)NC(=O)c1ccc([N+](=O)[O-])cc1. The number of nitrogens with zero attached hydrogens (tertiary/aromatic N) is 1. The van der Waals surface area contributed by atoms with Gasteiger partial charge in [0.05, 0.1) is 17.6 Å². The lowest BCUT2D eigenvalue weighted by atomic mass is 9.92. The number of carbonyl (C=O) groups excluding carboxylic acids is 2. The van der Waals surface area contributed by atoms with Crippen molar-refractivity contribution in [2.45, 2.75) is 38.6 Å². The number of aryl methyl sites for hydroxylation is 1. The van der Waals surface area contributed by atoms with Crippen molar-refractivity contribution in [1.29, 1.82) is 0 Å². The first-order valence-corrected chi connectivity index (χ1v) is 11.1. The molecule has 0 aliphatic rings. The standard InChI is InChI=1S/C24H31N3O7/c1-2-33-17-34-16-21(25-23(28)19-11-13-22(14-12-19)27(31)32)15-20(24(29)26-30)10-6-9-18-7-4-3-5-8-18/h3-5,7-8,11-14,20-21,30H,2,6,9-10,15-17H2,1H3,(H,25,28)(H,26,29)/t20-,21-/m0/s1. The van der Waals surface area contributed by atoms with Gasteiger partial charge in [-0.3, -0.25) is 24.9 Å². The number of benzene rings is 2. The summed E-state index contributed by atoms with van der Waals surface area (Å²) in [6.45, 7) is 2.41. The van der Waals surface area contributed by atoms with Crippen LogP contribution in [0.3, 0.4) is 0 Å². The van der Waals surface area contributed by atoms with Gasteiger partial charge < -0.3 is 14.8 Å². The molecule has 34 heavy (non-hydrogen) atoms. The van der Waals surface area contributed by atoms with E-state index in [0.29, 0.717) is 19.4 Å². The average Bonchev–Trinajstić information content (AvgIpc) is 2.86. The van der Waals surface area contributed by atoms with Gasteiger partial charge in [0.15, 0.2) is 0 Å². The topological polar surface area (TPSA) is 140 Å². The van der Waals surface area contributed by atoms with Crippen LogP contribution in [-0.2, 0) is 20.7 Å². The third-order valence-electron chi connectivity index (χ3n) is 5.28. The molecule has 2 aromatic carbocycles. The molecule has 0 saturated carbocycles. The summed E-state index contributed by atoms with van der Waals surface area (Å²) in [5.41, 5.74) is 2.99. The number of nitrogens with one attached hydrogen (secondary N) is 2. The Morgan fingerprint density at radius 2 is 1.79 bits per heavy atom. The third-order valence-corrected chi connectivity index (χ3v) is 5.28. The van der Waals surface area contributed by atoms with Crippen LogP contribution in [0.15, 0.2) is 54.6 Å². The summed E-state index contributed by atoms with van der Waals surface area (Å²) in [4.78, 5) is 35.3. The largest absolute Gasteiger partial charge is 0.356 e. The molecule has 2 aromatic rings. The van der Waals surface area contributed by atoms with E-state index in [9.17, 15) is 24.9 Å². The molecular weight excluding hydrogens is 442 g/mol. The number of hydrogen-bond acceptors (Lipinski definition) is 7. The van der Waals surface area contributed by atoms with Crippen LogP contribution in [0, 0.1) is 16.0 Å². The Morgan fingerprint density at radius 1 is 1.09 bits per heavy atom. The van der Waals surface area contributed by atoms with Crippen molar-refractivity contribution in [3.63, 3.8) is 0 Å². The number of carbonyl (C=O) groups is 2. The molecule has 0 heterocycles. The predicted molar refractivity (Wildman–Crippen MR) is 124 cm³/mol. The zero-order valence-corrected chi connectivity index (χ0v) is 19.1. The van der Waals surface area contributed by atoms with Gasteiger partial charge in [-0.2, -0.15) is 0 Å². The second kappa shape index (κ2) is 14.7. The van der Waals surface area contributed by atoms with E-state index in [2.05, 4.69) is 5.32 Å². The van der Waals surface area contributed by atoms with E-state index in [1.165, 1.54) is 24.3 Å². The normalized spacial score (nSPS) is 12.5. The fourth-order valence-electron chi connectivity index (χ4n) is 3.49. The summed E-state index contributed by atoms with van der Waals surface area (Å²) in [7, 11) is 0. The molecule has 0 spiro atoms. The molecule has 0 fully saturated rings. The molecule has 0 aromatic heterocycles. The van der Waals surface area contributed by atoms with E-state index in [1.54, 1.807) is 5.48 Å². The number of rotatable bonds is 15. The van der Waals surface area contributed by atoms with E-state index in [1.807, 2.05) is 37.3 Å². The number of nitro benzene ring substituents is 1. The first-order valence-electron chi connectivity index (χ1n) is 11.1. The van der Waals surface area contributed by atoms with E-state index in [4.69, 9.17) is 9.47 Å². The second-order valence-corrected chi connectivity index (χ2v) is 7.74. The van der Waals surface area contributed by atoms with Crippen molar-refractivity contribution in [2.24, 2.45) is 5.92 Å². The molecule has 2 amide bonds. The summed E-state index contributed by atoms with van der Waals surface area (Å²) in [5.74, 6) is -1.55. The van der Waals surface area contributed by atoms with Gasteiger partial charge in [-0.1, -0.05) is 30.3 Å². The Morgan fingerprint density at radius 3 is 2.41 bits per heavy atom. The van der Waals surface area contributed by atoms with Gasteiger partial charge in [-0.05, 0) is 50.3 Å². The highest BCUT2D eigenvalue weighted by molar-refractivity contribution is 5.94. The summed E-state index contributed by atoms with van der Waals surface area (Å²) >= 11 is 0. The Kier molecular flexibility index (Phi) is 11.7. The lowest BCUT2D eigenvalue weighted by Gasteiger charge is -2.23. The molecule has 184 valence electrons. The molecule has 10 heteroatoms. The van der Waals surface area contributed by atoms with E-state index >= 15 is 0 Å². The van der Waals surface area contributed by atoms with Crippen LogP contribution in [-0.4, -0.2) is 48.0 Å². The van der Waals surface area contributed by atoms with Gasteiger partial charge in [-0.15, -0.1) is 0 Å². The van der Waals surface area contributed by atoms with Crippen LogP contribution >= 0.6 is 0 Å². The third kappa shape index (κ3) is 9.26. The van der Waals surface area contributed by atoms with Crippen molar-refractivity contribution in [1.82, 2.24) is 10.8 Å². The Hall–Kier alpha value is -3.34. The molecule has 0 saturated heterocycles. The van der Waals surface area contributed by atoms with Crippen LogP contribution in [0.2, 0.25) is 0 Å². The van der Waals surface area contributed by atoms with Crippen molar-refractivity contribution in [3.8, 4) is 0 Å². The summed E-state index contributed by atoms with van der Waals surface area (Å²) in [5, 5.41) is 22.9. The number of hydrogen-bond donors (Lipinski definition) is 3. The highest BCUT2D eigenvalue weighted by Crippen LogP contribution is 2.18. The maximum Gasteiger partial charge on any atom is 0.269 e. The molecule has 0 aliphatic heterocycles. The first kappa shape index (κ1) is 26.9. The number of nitro groups is 1. The van der Waals surface area contributed by atoms with Gasteiger partial charge in [0.2, 0.25) is 5.91 Å². The second-order valence-electron chi connectivity index (χ2n) is 7.74. The van der Waals surface area contributed by atoms with Crippen molar-refractivity contribution in [2.75, 3.05) is 20.0 Å². The first-order chi connectivity index (χ1) is 16.4. The minimum absolute atomic E-state index is 0.0330. The quantitative estimate of drug-likeness (QED) is 0.119. The van der Waals surface area contributed by atoms with Crippen LogP contribution in [0.25, 0.3) is 0 Å². The lowest BCUT2D eigenvalue weighted by molar-refractivity contribution is -0.384. The van der Waals surface area contributed by atoms with Gasteiger partial charge in [0, 0.05) is 30.2 Å². The van der Waals surface area contributed by atoms with Gasteiger partial charge >= 0.3 is 0 Å². The smallest absolute Gasteiger partial charge is 0.269 e. The number of non-ortho nitro benzene ring substituents is 1. The molecule has 3 N–H and O–H groups in total. The zero-order chi connectivity index (χ0) is 24.8. The van der Waals surface area contributed by atoms with E-state index in [0.717, 1.165) is 12.0 Å². The molecule has 2 rings (SSSR count). The predicted octanol–water partition coefficient (Wildman–Crippen LogP) is 3.24. The molecule has 0 unspecified atom stereocenters. The molecule has 0 bridgehead atoms. The van der Waals surface area contributed by atoms with E-state index < -0.39 is 28.7 Å². The summed E-state index contributed by atoms with van der Waals surface area (Å²) in [6, 6.07) is 14.5. The molecule has 10 nitrogen and oxygen atoms in total. The highest BCUT2D eigenvalue weighted by atomic mass is 16.7. The molecular formula is C24H31N3O7. The summed E-state index contributed by atoms with van der Waals surface area (Å²) < 4.78 is 10.7. The minimum Gasteiger partial charge on any atom is -0.356 e.